The number of hydrogen-bond donors (Lipinski definition) is 1. The highest BCUT2D eigenvalue weighted by atomic mass is 35.5. The van der Waals surface area contributed by atoms with Crippen molar-refractivity contribution in [3.63, 3.8) is 0 Å². The SMILES string of the molecule is CC(Oc1c(-c2ccco2)oc2ccc(Cl)cc2c1=O)C(=O)Nc1ccccc1. The molecule has 2 aromatic carbocycles. The second-order valence-corrected chi connectivity index (χ2v) is 6.76. The molecule has 6 nitrogen and oxygen atoms in total. The molecule has 0 saturated carbocycles. The first-order valence-electron chi connectivity index (χ1n) is 8.86. The molecule has 7 heteroatoms. The van der Waals surface area contributed by atoms with Gasteiger partial charge in [-0.05, 0) is 49.4 Å². The lowest BCUT2D eigenvalue weighted by Gasteiger charge is -2.16. The third-order valence-electron chi connectivity index (χ3n) is 4.26. The zero-order valence-corrected chi connectivity index (χ0v) is 16.1. The van der Waals surface area contributed by atoms with Gasteiger partial charge < -0.3 is 18.9 Å². The Bertz CT molecular complexity index is 1220. The Morgan fingerprint density at radius 2 is 1.90 bits per heavy atom. The van der Waals surface area contributed by atoms with Crippen molar-refractivity contribution >= 4 is 34.2 Å². The summed E-state index contributed by atoms with van der Waals surface area (Å²) >= 11 is 6.02. The maximum atomic E-state index is 13.1. The lowest BCUT2D eigenvalue weighted by atomic mass is 10.2. The summed E-state index contributed by atoms with van der Waals surface area (Å²) in [5.74, 6) is -0.114. The zero-order valence-electron chi connectivity index (χ0n) is 15.3. The van der Waals surface area contributed by atoms with Gasteiger partial charge in [-0.2, -0.15) is 0 Å². The van der Waals surface area contributed by atoms with E-state index in [0.717, 1.165) is 0 Å². The van der Waals surface area contributed by atoms with Crippen molar-refractivity contribution in [1.29, 1.82) is 0 Å². The van der Waals surface area contributed by atoms with Crippen LogP contribution in [0.3, 0.4) is 0 Å². The van der Waals surface area contributed by atoms with E-state index in [9.17, 15) is 9.59 Å². The molecule has 146 valence electrons. The minimum Gasteiger partial charge on any atom is -0.473 e. The van der Waals surface area contributed by atoms with Gasteiger partial charge >= 0.3 is 0 Å². The molecule has 0 aliphatic rings. The van der Waals surface area contributed by atoms with E-state index in [0.29, 0.717) is 22.1 Å². The molecule has 0 spiro atoms. The molecule has 0 aliphatic carbocycles. The maximum Gasteiger partial charge on any atom is 0.265 e. The smallest absolute Gasteiger partial charge is 0.265 e. The van der Waals surface area contributed by atoms with E-state index in [1.807, 2.05) is 6.07 Å². The summed E-state index contributed by atoms with van der Waals surface area (Å²) in [6.45, 7) is 1.55. The van der Waals surface area contributed by atoms with Crippen LogP contribution in [0.5, 0.6) is 5.75 Å². The first kappa shape index (κ1) is 18.8. The fourth-order valence-corrected chi connectivity index (χ4v) is 3.00. The number of rotatable bonds is 5. The Balaban J connectivity index is 1.73. The summed E-state index contributed by atoms with van der Waals surface area (Å²) in [6.07, 6.45) is 0.486. The molecule has 2 heterocycles. The standard InChI is InChI=1S/C22H16ClNO5/c1-13(22(26)24-15-6-3-2-4-7-15)28-21-19(25)16-12-14(23)9-10-17(16)29-20(21)18-8-5-11-27-18/h2-13H,1H3,(H,24,26). The molecule has 1 atom stereocenters. The van der Waals surface area contributed by atoms with E-state index < -0.39 is 17.4 Å². The molecule has 2 aromatic heterocycles. The second-order valence-electron chi connectivity index (χ2n) is 6.32. The third-order valence-corrected chi connectivity index (χ3v) is 4.50. The molecular weight excluding hydrogens is 394 g/mol. The lowest BCUT2D eigenvalue weighted by molar-refractivity contribution is -0.122. The predicted molar refractivity (Wildman–Crippen MR) is 110 cm³/mol. The van der Waals surface area contributed by atoms with Gasteiger partial charge in [-0.1, -0.05) is 29.8 Å². The Morgan fingerprint density at radius 3 is 2.62 bits per heavy atom. The van der Waals surface area contributed by atoms with Crippen molar-refractivity contribution in [2.75, 3.05) is 5.32 Å². The molecule has 0 radical (unpaired) electrons. The summed E-state index contributed by atoms with van der Waals surface area (Å²) < 4.78 is 17.0. The Labute approximate surface area is 170 Å². The van der Waals surface area contributed by atoms with Crippen LogP contribution in [0, 0.1) is 0 Å². The average molecular weight is 410 g/mol. The lowest BCUT2D eigenvalue weighted by Crippen LogP contribution is -2.31. The quantitative estimate of drug-likeness (QED) is 0.495. The number of carbonyl (C=O) groups is 1. The first-order valence-corrected chi connectivity index (χ1v) is 9.23. The summed E-state index contributed by atoms with van der Waals surface area (Å²) in [7, 11) is 0. The van der Waals surface area contributed by atoms with Gasteiger partial charge in [0.25, 0.3) is 5.91 Å². The van der Waals surface area contributed by atoms with Gasteiger partial charge in [0.05, 0.1) is 11.6 Å². The number of furan rings is 1. The van der Waals surface area contributed by atoms with E-state index >= 15 is 0 Å². The van der Waals surface area contributed by atoms with Crippen molar-refractivity contribution in [1.82, 2.24) is 0 Å². The molecule has 1 unspecified atom stereocenters. The number of para-hydroxylation sites is 1. The van der Waals surface area contributed by atoms with Gasteiger partial charge in [-0.3, -0.25) is 9.59 Å². The largest absolute Gasteiger partial charge is 0.473 e. The molecule has 4 rings (SSSR count). The number of hydrogen-bond acceptors (Lipinski definition) is 5. The number of amides is 1. The molecule has 4 aromatic rings. The van der Waals surface area contributed by atoms with Crippen molar-refractivity contribution in [2.45, 2.75) is 13.0 Å². The van der Waals surface area contributed by atoms with Crippen LogP contribution in [-0.4, -0.2) is 12.0 Å². The highest BCUT2D eigenvalue weighted by Crippen LogP contribution is 2.32. The van der Waals surface area contributed by atoms with Crippen molar-refractivity contribution in [3.8, 4) is 17.3 Å². The predicted octanol–water partition coefficient (Wildman–Crippen LogP) is 5.11. The molecule has 0 fully saturated rings. The molecule has 0 bridgehead atoms. The van der Waals surface area contributed by atoms with Crippen LogP contribution < -0.4 is 15.5 Å². The summed E-state index contributed by atoms with van der Waals surface area (Å²) in [4.78, 5) is 25.6. The van der Waals surface area contributed by atoms with Crippen LogP contribution in [0.4, 0.5) is 5.69 Å². The van der Waals surface area contributed by atoms with Crippen molar-refractivity contribution < 1.29 is 18.4 Å². The van der Waals surface area contributed by atoms with Crippen LogP contribution in [0.1, 0.15) is 6.92 Å². The van der Waals surface area contributed by atoms with Crippen LogP contribution >= 0.6 is 11.6 Å². The number of benzene rings is 2. The van der Waals surface area contributed by atoms with E-state index in [-0.39, 0.29) is 16.9 Å². The van der Waals surface area contributed by atoms with Crippen LogP contribution in [0.15, 0.2) is 80.6 Å². The number of halogens is 1. The monoisotopic (exact) mass is 409 g/mol. The van der Waals surface area contributed by atoms with E-state index in [2.05, 4.69) is 5.32 Å². The summed E-state index contributed by atoms with van der Waals surface area (Å²) in [5.41, 5.74) is 0.510. The minimum absolute atomic E-state index is 0.106. The topological polar surface area (TPSA) is 81.7 Å². The number of carbonyl (C=O) groups excluding carboxylic acids is 1. The summed E-state index contributed by atoms with van der Waals surface area (Å²) in [6, 6.07) is 17.0. The molecule has 0 aliphatic heterocycles. The van der Waals surface area contributed by atoms with Crippen LogP contribution in [-0.2, 0) is 4.79 Å². The fraction of sp³-hybridized carbons (Fsp3) is 0.0909. The number of nitrogens with one attached hydrogen (secondary N) is 1. The van der Waals surface area contributed by atoms with Crippen LogP contribution in [0.25, 0.3) is 22.5 Å². The van der Waals surface area contributed by atoms with Crippen LogP contribution in [0.2, 0.25) is 5.02 Å². The molecular formula is C22H16ClNO5. The summed E-state index contributed by atoms with van der Waals surface area (Å²) in [5, 5.41) is 3.37. The van der Waals surface area contributed by atoms with Gasteiger partial charge in [-0.25, -0.2) is 0 Å². The van der Waals surface area contributed by atoms with Crippen molar-refractivity contribution in [2.24, 2.45) is 0 Å². The van der Waals surface area contributed by atoms with E-state index in [1.54, 1.807) is 55.5 Å². The van der Waals surface area contributed by atoms with Crippen molar-refractivity contribution in [3.05, 3.63) is 82.2 Å². The number of ether oxygens (including phenoxy) is 1. The normalized spacial score (nSPS) is 11.9. The second kappa shape index (κ2) is 7.85. The Hall–Kier alpha value is -3.51. The van der Waals surface area contributed by atoms with Gasteiger partial charge in [0.2, 0.25) is 16.9 Å². The Kier molecular flexibility index (Phi) is 5.10. The first-order chi connectivity index (χ1) is 14.0. The van der Waals surface area contributed by atoms with E-state index in [1.165, 1.54) is 12.3 Å². The minimum atomic E-state index is -0.969. The van der Waals surface area contributed by atoms with Gasteiger partial charge in [-0.15, -0.1) is 0 Å². The zero-order chi connectivity index (χ0) is 20.4. The fourth-order valence-electron chi connectivity index (χ4n) is 2.82. The number of anilines is 1. The average Bonchev–Trinajstić information content (AvgIpc) is 3.25. The van der Waals surface area contributed by atoms with E-state index in [4.69, 9.17) is 25.2 Å². The highest BCUT2D eigenvalue weighted by Gasteiger charge is 2.24. The third kappa shape index (κ3) is 3.88. The number of fused-ring (bicyclic) bond motifs is 1. The van der Waals surface area contributed by atoms with Gasteiger partial charge in [0, 0.05) is 10.7 Å². The van der Waals surface area contributed by atoms with Gasteiger partial charge in [0.1, 0.15) is 5.58 Å². The Morgan fingerprint density at radius 1 is 1.10 bits per heavy atom. The molecule has 1 N–H and O–H groups in total. The van der Waals surface area contributed by atoms with Gasteiger partial charge in [0.15, 0.2) is 11.9 Å². The highest BCUT2D eigenvalue weighted by molar-refractivity contribution is 6.31. The molecule has 1 amide bonds. The maximum absolute atomic E-state index is 13.1. The molecule has 0 saturated heterocycles. The molecule has 29 heavy (non-hydrogen) atoms.